The molecule has 0 radical (unpaired) electrons. The van der Waals surface area contributed by atoms with E-state index < -0.39 is 5.97 Å². The number of aliphatic carboxylic acids is 1. The number of hydrogen-bond acceptors (Lipinski definition) is 3. The van der Waals surface area contributed by atoms with E-state index in [2.05, 4.69) is 38.1 Å². The normalized spacial score (nSPS) is 11.7. The third kappa shape index (κ3) is 16.2. The summed E-state index contributed by atoms with van der Waals surface area (Å²) in [5.74, 6) is 0.0760. The summed E-state index contributed by atoms with van der Waals surface area (Å²) in [6.45, 7) is 4.44. The zero-order valence-electron chi connectivity index (χ0n) is 19.9. The van der Waals surface area contributed by atoms with Crippen molar-refractivity contribution >= 4 is 5.97 Å². The van der Waals surface area contributed by atoms with Crippen LogP contribution in [0.5, 0.6) is 5.75 Å². The van der Waals surface area contributed by atoms with Gasteiger partial charge in [-0.05, 0) is 62.6 Å². The predicted molar refractivity (Wildman–Crippen MR) is 120 cm³/mol. The van der Waals surface area contributed by atoms with Gasteiger partial charge in [-0.25, -0.2) is 0 Å². The topological polar surface area (TPSA) is 49.4 Å². The summed E-state index contributed by atoms with van der Waals surface area (Å²) in [7, 11) is 0. The van der Waals surface area contributed by atoms with Crippen molar-refractivity contribution in [2.24, 2.45) is 0 Å². The molecule has 0 amide bonds. The number of hydrogen-bond donors (Lipinski definition) is 0. The number of carbonyl (C=O) groups is 1. The molecule has 1 aromatic carbocycles. The molecule has 0 saturated heterocycles. The summed E-state index contributed by atoms with van der Waals surface area (Å²) in [4.78, 5) is 10.4. The monoisotopic (exact) mass is 426 g/mol. The van der Waals surface area contributed by atoms with E-state index in [9.17, 15) is 9.90 Å². The van der Waals surface area contributed by atoms with E-state index in [-0.39, 0.29) is 36.0 Å². The van der Waals surface area contributed by atoms with Gasteiger partial charge in [0.2, 0.25) is 0 Å². The summed E-state index contributed by atoms with van der Waals surface area (Å²) in [5, 5.41) is 10.4. The van der Waals surface area contributed by atoms with Crippen LogP contribution in [0, 0.1) is 0 Å². The van der Waals surface area contributed by atoms with Crippen LogP contribution in [0.15, 0.2) is 24.3 Å². The molecule has 1 atom stereocenters. The minimum absolute atomic E-state index is 0. The van der Waals surface area contributed by atoms with Gasteiger partial charge in [0, 0.05) is 5.97 Å². The van der Waals surface area contributed by atoms with E-state index >= 15 is 0 Å². The molecule has 0 aromatic heterocycles. The standard InChI is InChI=1S/C26H44O3.Na/c1-3-5-6-7-10-13-16-24(29-25-21-19-23(4-2)20-22-25)17-14-11-8-9-12-15-18-26(27)28;/h19-22,24H,3-18H2,1-2H3,(H,27,28);/q;+1/p-1. The van der Waals surface area contributed by atoms with Crippen LogP contribution in [-0.4, -0.2) is 12.1 Å². The van der Waals surface area contributed by atoms with E-state index in [0.29, 0.717) is 6.10 Å². The van der Waals surface area contributed by atoms with Gasteiger partial charge >= 0.3 is 29.6 Å². The van der Waals surface area contributed by atoms with Gasteiger partial charge < -0.3 is 14.6 Å². The van der Waals surface area contributed by atoms with Crippen LogP contribution in [0.3, 0.4) is 0 Å². The van der Waals surface area contributed by atoms with Gasteiger partial charge in [-0.3, -0.25) is 0 Å². The number of benzene rings is 1. The van der Waals surface area contributed by atoms with E-state index in [4.69, 9.17) is 4.74 Å². The second kappa shape index (κ2) is 20.4. The van der Waals surface area contributed by atoms with Gasteiger partial charge in [0.25, 0.3) is 0 Å². The molecule has 0 fully saturated rings. The number of rotatable bonds is 19. The average Bonchev–Trinajstić information content (AvgIpc) is 2.72. The van der Waals surface area contributed by atoms with Gasteiger partial charge in [-0.15, -0.1) is 0 Å². The van der Waals surface area contributed by atoms with Crippen molar-refractivity contribution in [1.82, 2.24) is 0 Å². The van der Waals surface area contributed by atoms with Gasteiger partial charge in [0.1, 0.15) is 5.75 Å². The third-order valence-corrected chi connectivity index (χ3v) is 5.67. The summed E-state index contributed by atoms with van der Waals surface area (Å²) < 4.78 is 6.34. The molecule has 0 heterocycles. The van der Waals surface area contributed by atoms with Crippen LogP contribution < -0.4 is 39.4 Å². The first kappa shape index (κ1) is 29.5. The molecule has 1 aromatic rings. The summed E-state index contributed by atoms with van der Waals surface area (Å²) in [5.41, 5.74) is 1.35. The Morgan fingerprint density at radius 3 is 1.80 bits per heavy atom. The molecule has 0 aliphatic rings. The average molecular weight is 427 g/mol. The van der Waals surface area contributed by atoms with Crippen LogP contribution in [0.4, 0.5) is 0 Å². The first-order valence-corrected chi connectivity index (χ1v) is 12.1. The summed E-state index contributed by atoms with van der Waals surface area (Å²) in [6, 6.07) is 8.57. The van der Waals surface area contributed by atoms with Crippen molar-refractivity contribution in [1.29, 1.82) is 0 Å². The second-order valence-electron chi connectivity index (χ2n) is 8.33. The van der Waals surface area contributed by atoms with Crippen molar-refractivity contribution in [3.63, 3.8) is 0 Å². The summed E-state index contributed by atoms with van der Waals surface area (Å²) in [6.07, 6.45) is 18.2. The van der Waals surface area contributed by atoms with Crippen LogP contribution >= 0.6 is 0 Å². The molecule has 0 spiro atoms. The Balaban J connectivity index is 0.00000841. The molecule has 0 saturated carbocycles. The number of aryl methyl sites for hydroxylation is 1. The Morgan fingerprint density at radius 2 is 1.30 bits per heavy atom. The van der Waals surface area contributed by atoms with Crippen LogP contribution in [0.25, 0.3) is 0 Å². The van der Waals surface area contributed by atoms with Crippen molar-refractivity contribution in [3.8, 4) is 5.75 Å². The van der Waals surface area contributed by atoms with Gasteiger partial charge in [0.15, 0.2) is 0 Å². The maximum absolute atomic E-state index is 10.4. The molecule has 30 heavy (non-hydrogen) atoms. The minimum Gasteiger partial charge on any atom is -0.550 e. The number of carbonyl (C=O) groups excluding carboxylic acids is 1. The SMILES string of the molecule is CCCCCCCCC(CCCCCCCCC(=O)[O-])Oc1ccc(CC)cc1.[Na+]. The van der Waals surface area contributed by atoms with E-state index in [1.807, 2.05) is 0 Å². The second-order valence-corrected chi connectivity index (χ2v) is 8.33. The molecule has 0 bridgehead atoms. The number of carboxylic acid groups (broad SMARTS) is 1. The maximum atomic E-state index is 10.4. The smallest absolute Gasteiger partial charge is 0.550 e. The van der Waals surface area contributed by atoms with E-state index in [0.717, 1.165) is 44.3 Å². The molecule has 166 valence electrons. The molecule has 1 rings (SSSR count). The van der Waals surface area contributed by atoms with Crippen LogP contribution in [0.1, 0.15) is 116 Å². The molecule has 3 nitrogen and oxygen atoms in total. The van der Waals surface area contributed by atoms with E-state index in [1.165, 1.54) is 63.4 Å². The first-order valence-electron chi connectivity index (χ1n) is 12.1. The fraction of sp³-hybridized carbons (Fsp3) is 0.731. The largest absolute Gasteiger partial charge is 1.00 e. The van der Waals surface area contributed by atoms with Crippen molar-refractivity contribution in [2.75, 3.05) is 0 Å². The van der Waals surface area contributed by atoms with Gasteiger partial charge in [-0.1, -0.05) is 83.8 Å². The zero-order chi connectivity index (χ0) is 21.2. The molecule has 4 heteroatoms. The van der Waals surface area contributed by atoms with Crippen molar-refractivity contribution < 1.29 is 44.2 Å². The Labute approximate surface area is 207 Å². The number of unbranched alkanes of at least 4 members (excludes halogenated alkanes) is 10. The quantitative estimate of drug-likeness (QED) is 0.251. The fourth-order valence-corrected chi connectivity index (χ4v) is 3.76. The predicted octanol–water partition coefficient (Wildman–Crippen LogP) is 3.62. The van der Waals surface area contributed by atoms with Crippen molar-refractivity contribution in [3.05, 3.63) is 29.8 Å². The Morgan fingerprint density at radius 1 is 0.800 bits per heavy atom. The Hall–Kier alpha value is -0.510. The first-order chi connectivity index (χ1) is 14.2. The van der Waals surface area contributed by atoms with Gasteiger partial charge in [-0.2, -0.15) is 0 Å². The number of ether oxygens (including phenoxy) is 1. The molecule has 0 aliphatic heterocycles. The summed E-state index contributed by atoms with van der Waals surface area (Å²) >= 11 is 0. The number of carboxylic acids is 1. The Bertz CT molecular complexity index is 516. The molecular weight excluding hydrogens is 383 g/mol. The third-order valence-electron chi connectivity index (χ3n) is 5.67. The van der Waals surface area contributed by atoms with E-state index in [1.54, 1.807) is 0 Å². The van der Waals surface area contributed by atoms with Gasteiger partial charge in [0.05, 0.1) is 6.10 Å². The minimum atomic E-state index is -0.924. The van der Waals surface area contributed by atoms with Crippen LogP contribution in [0.2, 0.25) is 0 Å². The molecule has 0 N–H and O–H groups in total. The van der Waals surface area contributed by atoms with Crippen molar-refractivity contribution in [2.45, 2.75) is 123 Å². The molecular formula is C26H43NaO3. The fourth-order valence-electron chi connectivity index (χ4n) is 3.76. The Kier molecular flexibility index (Phi) is 20.0. The van der Waals surface area contributed by atoms with Crippen LogP contribution in [-0.2, 0) is 11.2 Å². The maximum Gasteiger partial charge on any atom is 1.00 e. The zero-order valence-corrected chi connectivity index (χ0v) is 21.9. The molecule has 0 aliphatic carbocycles. The molecule has 1 unspecified atom stereocenters.